The van der Waals surface area contributed by atoms with E-state index in [9.17, 15) is 5.11 Å². The molecule has 0 radical (unpaired) electrons. The Labute approximate surface area is 172 Å². The van der Waals surface area contributed by atoms with Crippen LogP contribution in [0.3, 0.4) is 0 Å². The minimum Gasteiger partial charge on any atom is -0.507 e. The maximum Gasteiger partial charge on any atom is 0.124 e. The Morgan fingerprint density at radius 2 is 1.45 bits per heavy atom. The van der Waals surface area contributed by atoms with Crippen LogP contribution in [-0.2, 0) is 22.6 Å². The van der Waals surface area contributed by atoms with Crippen molar-refractivity contribution in [3.05, 3.63) is 58.9 Å². The zero-order chi connectivity index (χ0) is 19.9. The van der Waals surface area contributed by atoms with E-state index in [2.05, 4.69) is 33.0 Å². The third-order valence-corrected chi connectivity index (χ3v) is 5.42. The molecule has 1 N–H and O–H groups in total. The number of aromatic nitrogens is 1. The van der Waals surface area contributed by atoms with Gasteiger partial charge in [-0.15, -0.1) is 0 Å². The summed E-state index contributed by atoms with van der Waals surface area (Å²) in [4.78, 5) is 9.04. The summed E-state index contributed by atoms with van der Waals surface area (Å²) in [5, 5.41) is 11.0. The van der Waals surface area contributed by atoms with Gasteiger partial charge in [0.1, 0.15) is 5.75 Å². The SMILES string of the molecule is Oc1c(CN2CCOCC2)cc(/C=C/c2ccccn2)cc1CN1CCOCC1. The highest BCUT2D eigenvalue weighted by atomic mass is 16.5. The first kappa shape index (κ1) is 20.0. The highest BCUT2D eigenvalue weighted by Crippen LogP contribution is 2.29. The lowest BCUT2D eigenvalue weighted by molar-refractivity contribution is 0.0327. The number of benzene rings is 1. The number of phenolic OH excluding ortho intramolecular Hbond substituents is 1. The molecule has 0 unspecified atom stereocenters. The van der Waals surface area contributed by atoms with Crippen LogP contribution in [0.15, 0.2) is 36.5 Å². The monoisotopic (exact) mass is 395 g/mol. The number of morpholine rings is 2. The van der Waals surface area contributed by atoms with E-state index in [0.717, 1.165) is 88.1 Å². The Morgan fingerprint density at radius 1 is 0.862 bits per heavy atom. The molecule has 2 fully saturated rings. The molecule has 3 heterocycles. The van der Waals surface area contributed by atoms with E-state index in [1.165, 1.54) is 0 Å². The number of rotatable bonds is 6. The van der Waals surface area contributed by atoms with Crippen molar-refractivity contribution in [2.75, 3.05) is 52.6 Å². The summed E-state index contributed by atoms with van der Waals surface area (Å²) >= 11 is 0. The normalized spacial score (nSPS) is 19.0. The predicted octanol–water partition coefficient (Wildman–Crippen LogP) is 2.62. The molecule has 0 saturated carbocycles. The van der Waals surface area contributed by atoms with Crippen LogP contribution < -0.4 is 0 Å². The Balaban J connectivity index is 1.59. The first-order valence-corrected chi connectivity index (χ1v) is 10.3. The molecule has 0 atom stereocenters. The van der Waals surface area contributed by atoms with Gasteiger partial charge < -0.3 is 14.6 Å². The molecule has 1 aromatic carbocycles. The molecule has 2 saturated heterocycles. The maximum absolute atomic E-state index is 11.0. The van der Waals surface area contributed by atoms with Crippen LogP contribution in [0, 0.1) is 0 Å². The lowest BCUT2D eigenvalue weighted by Crippen LogP contribution is -2.36. The zero-order valence-corrected chi connectivity index (χ0v) is 16.8. The van der Waals surface area contributed by atoms with Crippen molar-refractivity contribution in [1.82, 2.24) is 14.8 Å². The third-order valence-electron chi connectivity index (χ3n) is 5.42. The molecule has 0 spiro atoms. The van der Waals surface area contributed by atoms with E-state index < -0.39 is 0 Å². The van der Waals surface area contributed by atoms with Gasteiger partial charge in [0, 0.05) is 56.6 Å². The second-order valence-corrected chi connectivity index (χ2v) is 7.55. The number of ether oxygens (including phenoxy) is 2. The van der Waals surface area contributed by atoms with Gasteiger partial charge in [-0.2, -0.15) is 0 Å². The van der Waals surface area contributed by atoms with Gasteiger partial charge in [-0.25, -0.2) is 0 Å². The number of aromatic hydroxyl groups is 1. The maximum atomic E-state index is 11.0. The highest BCUT2D eigenvalue weighted by Gasteiger charge is 2.18. The van der Waals surface area contributed by atoms with Gasteiger partial charge >= 0.3 is 0 Å². The van der Waals surface area contributed by atoms with Crippen LogP contribution in [0.25, 0.3) is 12.2 Å². The minimum absolute atomic E-state index is 0.415. The van der Waals surface area contributed by atoms with Crippen molar-refractivity contribution in [3.63, 3.8) is 0 Å². The van der Waals surface area contributed by atoms with Crippen molar-refractivity contribution >= 4 is 12.2 Å². The highest BCUT2D eigenvalue weighted by molar-refractivity contribution is 5.69. The minimum atomic E-state index is 0.415. The fourth-order valence-electron chi connectivity index (χ4n) is 3.78. The van der Waals surface area contributed by atoms with Crippen LogP contribution >= 0.6 is 0 Å². The van der Waals surface area contributed by atoms with Crippen LogP contribution in [0.5, 0.6) is 5.75 Å². The van der Waals surface area contributed by atoms with Gasteiger partial charge in [-0.1, -0.05) is 12.1 Å². The number of phenols is 1. The Bertz CT molecular complexity index is 772. The van der Waals surface area contributed by atoms with E-state index >= 15 is 0 Å². The van der Waals surface area contributed by atoms with Crippen molar-refractivity contribution in [2.45, 2.75) is 13.1 Å². The molecular weight excluding hydrogens is 366 g/mol. The molecule has 2 aliphatic rings. The lowest BCUT2D eigenvalue weighted by Gasteiger charge is -2.29. The first-order valence-electron chi connectivity index (χ1n) is 10.3. The van der Waals surface area contributed by atoms with Crippen LogP contribution in [0.1, 0.15) is 22.4 Å². The number of pyridine rings is 1. The number of nitrogens with zero attached hydrogens (tertiary/aromatic N) is 3. The predicted molar refractivity (Wildman–Crippen MR) is 113 cm³/mol. The topological polar surface area (TPSA) is 58.1 Å². The molecule has 6 heteroatoms. The van der Waals surface area contributed by atoms with Gasteiger partial charge in [0.25, 0.3) is 0 Å². The third kappa shape index (κ3) is 5.64. The summed E-state index contributed by atoms with van der Waals surface area (Å²) in [6.07, 6.45) is 5.89. The Morgan fingerprint density at radius 3 is 1.97 bits per heavy atom. The van der Waals surface area contributed by atoms with Gasteiger partial charge in [-0.05, 0) is 35.9 Å². The molecule has 4 rings (SSSR count). The summed E-state index contributed by atoms with van der Waals surface area (Å²) in [6.45, 7) is 8.05. The zero-order valence-electron chi connectivity index (χ0n) is 16.8. The van der Waals surface area contributed by atoms with E-state index in [1.807, 2.05) is 24.3 Å². The van der Waals surface area contributed by atoms with E-state index in [-0.39, 0.29) is 0 Å². The molecule has 2 aromatic rings. The average Bonchev–Trinajstić information content (AvgIpc) is 2.77. The van der Waals surface area contributed by atoms with Crippen molar-refractivity contribution in [3.8, 4) is 5.75 Å². The summed E-state index contributed by atoms with van der Waals surface area (Å²) in [5.41, 5.74) is 3.95. The fourth-order valence-corrected chi connectivity index (χ4v) is 3.78. The van der Waals surface area contributed by atoms with Crippen molar-refractivity contribution in [1.29, 1.82) is 0 Å². The van der Waals surface area contributed by atoms with Gasteiger partial charge in [0.2, 0.25) is 0 Å². The molecule has 0 aliphatic carbocycles. The first-order chi connectivity index (χ1) is 14.3. The fraction of sp³-hybridized carbons (Fsp3) is 0.435. The second kappa shape index (κ2) is 9.98. The van der Waals surface area contributed by atoms with Crippen LogP contribution in [-0.4, -0.2) is 72.5 Å². The van der Waals surface area contributed by atoms with E-state index in [1.54, 1.807) is 6.20 Å². The average molecular weight is 396 g/mol. The molecular formula is C23H29N3O3. The van der Waals surface area contributed by atoms with Crippen LogP contribution in [0.4, 0.5) is 0 Å². The molecule has 2 aliphatic heterocycles. The largest absolute Gasteiger partial charge is 0.507 e. The van der Waals surface area contributed by atoms with Crippen LogP contribution in [0.2, 0.25) is 0 Å². The van der Waals surface area contributed by atoms with Crippen molar-refractivity contribution in [2.24, 2.45) is 0 Å². The van der Waals surface area contributed by atoms with E-state index in [0.29, 0.717) is 5.75 Å². The molecule has 0 amide bonds. The second-order valence-electron chi connectivity index (χ2n) is 7.55. The quantitative estimate of drug-likeness (QED) is 0.812. The smallest absolute Gasteiger partial charge is 0.124 e. The summed E-state index contributed by atoms with van der Waals surface area (Å²) in [6, 6.07) is 10.1. The van der Waals surface area contributed by atoms with Gasteiger partial charge in [0.05, 0.1) is 32.1 Å². The summed E-state index contributed by atoms with van der Waals surface area (Å²) in [7, 11) is 0. The molecule has 0 bridgehead atoms. The van der Waals surface area contributed by atoms with Crippen molar-refractivity contribution < 1.29 is 14.6 Å². The van der Waals surface area contributed by atoms with E-state index in [4.69, 9.17) is 9.47 Å². The molecule has 154 valence electrons. The Kier molecular flexibility index (Phi) is 6.90. The summed E-state index contributed by atoms with van der Waals surface area (Å²) in [5.74, 6) is 0.415. The molecule has 29 heavy (non-hydrogen) atoms. The summed E-state index contributed by atoms with van der Waals surface area (Å²) < 4.78 is 10.9. The number of hydrogen-bond acceptors (Lipinski definition) is 6. The molecule has 6 nitrogen and oxygen atoms in total. The van der Waals surface area contributed by atoms with Gasteiger partial charge in [-0.3, -0.25) is 14.8 Å². The standard InChI is InChI=1S/C23H29N3O3/c27-23-20(17-25-7-11-28-12-8-25)15-19(4-5-22-3-1-2-6-24-22)16-21(23)18-26-9-13-29-14-10-26/h1-6,15-16,27H,7-14,17-18H2/b5-4+. The number of hydrogen-bond donors (Lipinski definition) is 1. The molecule has 1 aromatic heterocycles. The van der Waals surface area contributed by atoms with Gasteiger partial charge in [0.15, 0.2) is 0 Å². The lowest BCUT2D eigenvalue weighted by atomic mass is 10.0. The Hall–Kier alpha value is -2.25.